The number of nitrogens with two attached hydrogens (primary N) is 1. The molecule has 114 valence electrons. The van der Waals surface area contributed by atoms with Crippen LogP contribution in [-0.2, 0) is 12.0 Å². The Labute approximate surface area is 130 Å². The van der Waals surface area contributed by atoms with Crippen molar-refractivity contribution in [2.24, 2.45) is 5.84 Å². The minimum Gasteiger partial charge on any atom is -0.365 e. The van der Waals surface area contributed by atoms with Gasteiger partial charge in [-0.1, -0.05) is 20.8 Å². The van der Waals surface area contributed by atoms with E-state index in [1.807, 2.05) is 17.4 Å². The summed E-state index contributed by atoms with van der Waals surface area (Å²) in [4.78, 5) is 11.6. The Bertz CT molecular complexity index is 608. The second-order valence-corrected chi connectivity index (χ2v) is 7.50. The molecule has 0 saturated carbocycles. The minimum absolute atomic E-state index is 0.126. The van der Waals surface area contributed by atoms with Crippen LogP contribution in [0.5, 0.6) is 0 Å². The van der Waals surface area contributed by atoms with E-state index in [4.69, 9.17) is 5.84 Å². The first kappa shape index (κ1) is 15.7. The van der Waals surface area contributed by atoms with Crippen LogP contribution in [0.25, 0.3) is 0 Å². The first-order chi connectivity index (χ1) is 9.79. The van der Waals surface area contributed by atoms with E-state index in [9.17, 15) is 0 Å². The van der Waals surface area contributed by atoms with Crippen molar-refractivity contribution in [2.45, 2.75) is 46.6 Å². The lowest BCUT2D eigenvalue weighted by molar-refractivity contribution is 0.546. The van der Waals surface area contributed by atoms with Crippen LogP contribution in [0.1, 0.15) is 41.9 Å². The van der Waals surface area contributed by atoms with Crippen LogP contribution < -0.4 is 16.6 Å². The van der Waals surface area contributed by atoms with E-state index in [2.05, 4.69) is 61.4 Å². The molecule has 2 heterocycles. The fourth-order valence-electron chi connectivity index (χ4n) is 1.86. The molecule has 21 heavy (non-hydrogen) atoms. The first-order valence-electron chi connectivity index (χ1n) is 6.95. The molecule has 0 radical (unpaired) electrons. The summed E-state index contributed by atoms with van der Waals surface area (Å²) in [5.74, 6) is 7.66. The zero-order valence-corrected chi connectivity index (χ0v) is 14.1. The Balaban J connectivity index is 2.19. The van der Waals surface area contributed by atoms with Crippen molar-refractivity contribution in [3.63, 3.8) is 0 Å². The third-order valence-electron chi connectivity index (χ3n) is 3.21. The second-order valence-electron chi connectivity index (χ2n) is 6.16. The highest BCUT2D eigenvalue weighted by atomic mass is 32.1. The zero-order chi connectivity index (χ0) is 15.6. The lowest BCUT2D eigenvalue weighted by atomic mass is 9.96. The Kier molecular flexibility index (Phi) is 4.49. The van der Waals surface area contributed by atoms with Crippen LogP contribution >= 0.6 is 11.3 Å². The maximum absolute atomic E-state index is 5.50. The van der Waals surface area contributed by atoms with E-state index in [1.165, 1.54) is 15.3 Å². The molecule has 6 heteroatoms. The molecule has 0 aliphatic rings. The van der Waals surface area contributed by atoms with E-state index in [0.29, 0.717) is 5.82 Å². The number of nitrogens with one attached hydrogen (secondary N) is 2. The Hall–Kier alpha value is -1.66. The van der Waals surface area contributed by atoms with E-state index in [1.54, 1.807) is 0 Å². The molecule has 0 saturated heterocycles. The summed E-state index contributed by atoms with van der Waals surface area (Å²) in [7, 11) is 0. The summed E-state index contributed by atoms with van der Waals surface area (Å²) in [5, 5.41) is 3.35. The van der Waals surface area contributed by atoms with Crippen LogP contribution in [-0.4, -0.2) is 9.97 Å². The van der Waals surface area contributed by atoms with E-state index >= 15 is 0 Å². The molecule has 0 spiro atoms. The van der Waals surface area contributed by atoms with Crippen LogP contribution in [0.2, 0.25) is 0 Å². The van der Waals surface area contributed by atoms with Gasteiger partial charge in [-0.2, -0.15) is 0 Å². The molecule has 5 nitrogen and oxygen atoms in total. The van der Waals surface area contributed by atoms with Crippen molar-refractivity contribution in [1.29, 1.82) is 0 Å². The van der Waals surface area contributed by atoms with Crippen LogP contribution in [0.3, 0.4) is 0 Å². The largest absolute Gasteiger partial charge is 0.365 e. The highest BCUT2D eigenvalue weighted by Crippen LogP contribution is 2.24. The maximum Gasteiger partial charge on any atom is 0.145 e. The summed E-state index contributed by atoms with van der Waals surface area (Å²) < 4.78 is 0. The van der Waals surface area contributed by atoms with Gasteiger partial charge in [-0.3, -0.25) is 0 Å². The Morgan fingerprint density at radius 1 is 1.14 bits per heavy atom. The quantitative estimate of drug-likeness (QED) is 0.596. The van der Waals surface area contributed by atoms with Gasteiger partial charge in [0, 0.05) is 21.2 Å². The van der Waals surface area contributed by atoms with Crippen LogP contribution in [0.15, 0.2) is 12.1 Å². The molecule has 0 aliphatic heterocycles. The van der Waals surface area contributed by atoms with E-state index in [0.717, 1.165) is 18.2 Å². The van der Waals surface area contributed by atoms with Crippen molar-refractivity contribution in [3.8, 4) is 0 Å². The van der Waals surface area contributed by atoms with Gasteiger partial charge >= 0.3 is 0 Å². The van der Waals surface area contributed by atoms with Gasteiger partial charge in [0.05, 0.1) is 6.54 Å². The number of hydrogen-bond donors (Lipinski definition) is 3. The van der Waals surface area contributed by atoms with Crippen molar-refractivity contribution < 1.29 is 0 Å². The molecule has 2 aromatic rings. The molecule has 0 atom stereocenters. The van der Waals surface area contributed by atoms with E-state index < -0.39 is 0 Å². The zero-order valence-electron chi connectivity index (χ0n) is 13.2. The summed E-state index contributed by atoms with van der Waals surface area (Å²) >= 11 is 1.81. The minimum atomic E-state index is -0.126. The average Bonchev–Trinajstić information content (AvgIpc) is 2.74. The standard InChI is InChI=1S/C15H23N5S/c1-9-6-11(21-10(9)2)8-17-12-7-13(20-16)19-14(18-12)15(3,4)5/h6-7H,8,16H2,1-5H3,(H2,17,18,19,20). The molecule has 0 fully saturated rings. The molecular formula is C15H23N5S. The summed E-state index contributed by atoms with van der Waals surface area (Å²) in [5.41, 5.74) is 3.81. The topological polar surface area (TPSA) is 75.9 Å². The predicted octanol–water partition coefficient (Wildman–Crippen LogP) is 3.35. The Morgan fingerprint density at radius 3 is 2.33 bits per heavy atom. The number of thiophene rings is 1. The number of aryl methyl sites for hydroxylation is 2. The van der Waals surface area contributed by atoms with Crippen LogP contribution in [0.4, 0.5) is 11.6 Å². The predicted molar refractivity (Wildman–Crippen MR) is 89.7 cm³/mol. The monoisotopic (exact) mass is 305 g/mol. The fraction of sp³-hybridized carbons (Fsp3) is 0.467. The lowest BCUT2D eigenvalue weighted by Gasteiger charge is -2.18. The highest BCUT2D eigenvalue weighted by Gasteiger charge is 2.19. The van der Waals surface area contributed by atoms with Gasteiger partial charge in [-0.25, -0.2) is 15.8 Å². The number of hydrogen-bond acceptors (Lipinski definition) is 6. The van der Waals surface area contributed by atoms with Crippen molar-refractivity contribution in [2.75, 3.05) is 10.7 Å². The Morgan fingerprint density at radius 2 is 1.81 bits per heavy atom. The van der Waals surface area contributed by atoms with Crippen molar-refractivity contribution in [1.82, 2.24) is 9.97 Å². The number of nitrogens with zero attached hydrogens (tertiary/aromatic N) is 2. The van der Waals surface area contributed by atoms with Crippen molar-refractivity contribution >= 4 is 23.0 Å². The third-order valence-corrected chi connectivity index (χ3v) is 4.36. The average molecular weight is 305 g/mol. The SMILES string of the molecule is Cc1cc(CNc2cc(NN)nc(C(C)(C)C)n2)sc1C. The summed E-state index contributed by atoms with van der Waals surface area (Å²) in [6.45, 7) is 11.3. The van der Waals surface area contributed by atoms with Crippen molar-refractivity contribution in [3.05, 3.63) is 33.3 Å². The molecule has 2 aromatic heterocycles. The maximum atomic E-state index is 5.50. The molecule has 0 aliphatic carbocycles. The van der Waals surface area contributed by atoms with Gasteiger partial charge in [0.2, 0.25) is 0 Å². The number of hydrazine groups is 1. The molecular weight excluding hydrogens is 282 g/mol. The first-order valence-corrected chi connectivity index (χ1v) is 7.77. The van der Waals surface area contributed by atoms with Gasteiger partial charge < -0.3 is 10.7 Å². The third kappa shape index (κ3) is 3.92. The van der Waals surface area contributed by atoms with Gasteiger partial charge in [0.15, 0.2) is 0 Å². The molecule has 0 amide bonds. The highest BCUT2D eigenvalue weighted by molar-refractivity contribution is 7.12. The summed E-state index contributed by atoms with van der Waals surface area (Å²) in [6, 6.07) is 4.03. The normalized spacial score (nSPS) is 11.5. The van der Waals surface area contributed by atoms with E-state index in [-0.39, 0.29) is 5.41 Å². The van der Waals surface area contributed by atoms with Gasteiger partial charge in [0.25, 0.3) is 0 Å². The van der Waals surface area contributed by atoms with Crippen LogP contribution in [0, 0.1) is 13.8 Å². The van der Waals surface area contributed by atoms with Gasteiger partial charge in [-0.15, -0.1) is 11.3 Å². The molecule has 0 bridgehead atoms. The van der Waals surface area contributed by atoms with Gasteiger partial charge in [-0.05, 0) is 25.5 Å². The van der Waals surface area contributed by atoms with Gasteiger partial charge in [0.1, 0.15) is 17.5 Å². The smallest absolute Gasteiger partial charge is 0.145 e. The fourth-order valence-corrected chi connectivity index (χ4v) is 2.85. The number of anilines is 2. The second kappa shape index (κ2) is 5.99. The lowest BCUT2D eigenvalue weighted by Crippen LogP contribution is -2.19. The molecule has 2 rings (SSSR count). The molecule has 0 aromatic carbocycles. The number of nitrogen functional groups attached to an aromatic ring is 1. The molecule has 0 unspecified atom stereocenters. The number of aromatic nitrogens is 2. The summed E-state index contributed by atoms with van der Waals surface area (Å²) in [6.07, 6.45) is 0. The molecule has 4 N–H and O–H groups in total. The number of rotatable bonds is 4.